The SMILES string of the molecule is CNC(=O)c1cc(S(=O)(=O)Nc2nnc(SCC(C)C)s2)ccc1OC. The van der Waals surface area contributed by atoms with Crippen LogP contribution in [0.4, 0.5) is 5.13 Å². The third-order valence-corrected chi connectivity index (χ3v) is 6.99. The highest BCUT2D eigenvalue weighted by molar-refractivity contribution is 8.01. The number of benzene rings is 1. The first-order valence-electron chi connectivity index (χ1n) is 7.66. The number of hydrogen-bond acceptors (Lipinski definition) is 8. The van der Waals surface area contributed by atoms with E-state index >= 15 is 0 Å². The van der Waals surface area contributed by atoms with Crippen molar-refractivity contribution in [1.29, 1.82) is 0 Å². The van der Waals surface area contributed by atoms with Crippen molar-refractivity contribution in [2.24, 2.45) is 5.92 Å². The number of nitrogens with one attached hydrogen (secondary N) is 2. The zero-order valence-electron chi connectivity index (χ0n) is 14.8. The van der Waals surface area contributed by atoms with E-state index in [1.54, 1.807) is 0 Å². The molecule has 0 saturated heterocycles. The summed E-state index contributed by atoms with van der Waals surface area (Å²) in [5.41, 5.74) is 0.128. The van der Waals surface area contributed by atoms with Crippen molar-refractivity contribution in [3.63, 3.8) is 0 Å². The summed E-state index contributed by atoms with van der Waals surface area (Å²) >= 11 is 2.69. The lowest BCUT2D eigenvalue weighted by molar-refractivity contribution is 0.0960. The Morgan fingerprint density at radius 1 is 1.35 bits per heavy atom. The molecule has 0 fully saturated rings. The summed E-state index contributed by atoms with van der Waals surface area (Å²) in [5, 5.41) is 10.5. The van der Waals surface area contributed by atoms with E-state index in [1.807, 2.05) is 0 Å². The number of hydrogen-bond donors (Lipinski definition) is 2. The number of carbonyl (C=O) groups excluding carboxylic acids is 1. The Labute approximate surface area is 160 Å². The maximum Gasteiger partial charge on any atom is 0.263 e. The lowest BCUT2D eigenvalue weighted by Gasteiger charge is -2.10. The fraction of sp³-hybridized carbons (Fsp3) is 0.400. The molecule has 0 radical (unpaired) electrons. The number of carbonyl (C=O) groups is 1. The first-order chi connectivity index (χ1) is 12.3. The van der Waals surface area contributed by atoms with Crippen molar-refractivity contribution in [3.8, 4) is 5.75 Å². The van der Waals surface area contributed by atoms with Crippen molar-refractivity contribution in [1.82, 2.24) is 15.5 Å². The van der Waals surface area contributed by atoms with Crippen LogP contribution >= 0.6 is 23.1 Å². The second-order valence-electron chi connectivity index (χ2n) is 5.62. The molecule has 26 heavy (non-hydrogen) atoms. The van der Waals surface area contributed by atoms with Gasteiger partial charge >= 0.3 is 0 Å². The number of amides is 1. The van der Waals surface area contributed by atoms with Crippen LogP contribution in [0.15, 0.2) is 27.4 Å². The average Bonchev–Trinajstić information content (AvgIpc) is 3.05. The fourth-order valence-electron chi connectivity index (χ4n) is 1.89. The van der Waals surface area contributed by atoms with E-state index in [4.69, 9.17) is 4.74 Å². The minimum Gasteiger partial charge on any atom is -0.496 e. The second kappa shape index (κ2) is 8.69. The summed E-state index contributed by atoms with van der Waals surface area (Å²) in [4.78, 5) is 11.9. The van der Waals surface area contributed by atoms with Crippen LogP contribution in [0.5, 0.6) is 5.75 Å². The minimum atomic E-state index is -3.91. The van der Waals surface area contributed by atoms with Gasteiger partial charge in [-0.15, -0.1) is 10.2 Å². The van der Waals surface area contributed by atoms with Crippen LogP contribution in [0.2, 0.25) is 0 Å². The van der Waals surface area contributed by atoms with Crippen molar-refractivity contribution >= 4 is 44.2 Å². The lowest BCUT2D eigenvalue weighted by atomic mass is 10.2. The Balaban J connectivity index is 2.23. The number of rotatable bonds is 8. The molecule has 0 unspecified atom stereocenters. The van der Waals surface area contributed by atoms with E-state index in [9.17, 15) is 13.2 Å². The lowest BCUT2D eigenvalue weighted by Crippen LogP contribution is -2.20. The largest absolute Gasteiger partial charge is 0.496 e. The molecule has 0 aliphatic carbocycles. The molecule has 0 spiro atoms. The number of sulfonamides is 1. The second-order valence-corrected chi connectivity index (χ2v) is 9.55. The van der Waals surface area contributed by atoms with Crippen LogP contribution in [0, 0.1) is 5.92 Å². The van der Waals surface area contributed by atoms with E-state index in [2.05, 4.69) is 34.1 Å². The van der Waals surface area contributed by atoms with Gasteiger partial charge in [-0.3, -0.25) is 9.52 Å². The number of methoxy groups -OCH3 is 1. The minimum absolute atomic E-state index is 0.0662. The van der Waals surface area contributed by atoms with Gasteiger partial charge in [0.2, 0.25) is 5.13 Å². The zero-order valence-corrected chi connectivity index (χ0v) is 17.2. The highest BCUT2D eigenvalue weighted by Gasteiger charge is 2.21. The van der Waals surface area contributed by atoms with E-state index in [0.29, 0.717) is 10.3 Å². The Kier molecular flexibility index (Phi) is 6.84. The van der Waals surface area contributed by atoms with Gasteiger partial charge in [0.25, 0.3) is 15.9 Å². The van der Waals surface area contributed by atoms with Crippen molar-refractivity contribution in [3.05, 3.63) is 23.8 Å². The number of nitrogens with zero attached hydrogens (tertiary/aromatic N) is 2. The molecule has 142 valence electrons. The normalized spacial score (nSPS) is 11.4. The smallest absolute Gasteiger partial charge is 0.263 e. The third-order valence-electron chi connectivity index (χ3n) is 3.12. The summed E-state index contributed by atoms with van der Waals surface area (Å²) in [6.07, 6.45) is 0. The maximum atomic E-state index is 12.6. The van der Waals surface area contributed by atoms with Crippen LogP contribution in [0.25, 0.3) is 0 Å². The summed E-state index contributed by atoms with van der Waals surface area (Å²) in [6.45, 7) is 4.18. The number of aromatic nitrogens is 2. The van der Waals surface area contributed by atoms with Gasteiger partial charge in [-0.05, 0) is 24.1 Å². The molecule has 0 atom stereocenters. The van der Waals surface area contributed by atoms with Gasteiger partial charge in [0.15, 0.2) is 4.34 Å². The molecule has 0 bridgehead atoms. The van der Waals surface area contributed by atoms with Crippen LogP contribution in [-0.4, -0.2) is 44.4 Å². The Morgan fingerprint density at radius 2 is 2.08 bits per heavy atom. The predicted octanol–water partition coefficient (Wildman–Crippen LogP) is 2.46. The molecule has 0 aliphatic heterocycles. The van der Waals surface area contributed by atoms with Crippen molar-refractivity contribution in [2.45, 2.75) is 23.1 Å². The van der Waals surface area contributed by atoms with Crippen LogP contribution in [-0.2, 0) is 10.0 Å². The van der Waals surface area contributed by atoms with Gasteiger partial charge in [-0.1, -0.05) is 36.9 Å². The van der Waals surface area contributed by atoms with Gasteiger partial charge in [-0.25, -0.2) is 8.42 Å². The molecule has 1 heterocycles. The molecule has 8 nitrogen and oxygen atoms in total. The van der Waals surface area contributed by atoms with Crippen LogP contribution < -0.4 is 14.8 Å². The summed E-state index contributed by atoms with van der Waals surface area (Å²) in [7, 11) is -1.04. The van der Waals surface area contributed by atoms with Gasteiger partial charge < -0.3 is 10.1 Å². The standard InChI is InChI=1S/C15H20N4O4S3/c1-9(2)8-24-15-18-17-14(25-15)19-26(21,22)10-5-6-12(23-4)11(7-10)13(20)16-3/h5-7,9H,8H2,1-4H3,(H,16,20)(H,17,19). The third kappa shape index (κ3) is 5.08. The molecular weight excluding hydrogens is 396 g/mol. The Hall–Kier alpha value is -1.85. The topological polar surface area (TPSA) is 110 Å². The highest BCUT2D eigenvalue weighted by atomic mass is 32.2. The van der Waals surface area contributed by atoms with Gasteiger partial charge in [0, 0.05) is 12.8 Å². The van der Waals surface area contributed by atoms with Gasteiger partial charge in [0.1, 0.15) is 5.75 Å². The Morgan fingerprint density at radius 3 is 2.69 bits per heavy atom. The monoisotopic (exact) mass is 416 g/mol. The maximum absolute atomic E-state index is 12.6. The predicted molar refractivity (Wildman–Crippen MR) is 103 cm³/mol. The molecule has 11 heteroatoms. The molecule has 0 saturated carbocycles. The van der Waals surface area contributed by atoms with E-state index in [0.717, 1.165) is 5.75 Å². The van der Waals surface area contributed by atoms with E-state index in [-0.39, 0.29) is 21.3 Å². The molecule has 1 aromatic carbocycles. The van der Waals surface area contributed by atoms with Gasteiger partial charge in [0.05, 0.1) is 17.6 Å². The van der Waals surface area contributed by atoms with Crippen molar-refractivity contribution < 1.29 is 17.9 Å². The molecule has 2 rings (SSSR count). The molecule has 2 aromatic rings. The molecule has 1 amide bonds. The number of ether oxygens (including phenoxy) is 1. The molecule has 1 aromatic heterocycles. The van der Waals surface area contributed by atoms with Crippen molar-refractivity contribution in [2.75, 3.05) is 24.6 Å². The summed E-state index contributed by atoms with van der Waals surface area (Å²) in [5.74, 6) is 1.20. The van der Waals surface area contributed by atoms with E-state index < -0.39 is 15.9 Å². The average molecular weight is 417 g/mol. The van der Waals surface area contributed by atoms with Crippen LogP contribution in [0.3, 0.4) is 0 Å². The van der Waals surface area contributed by atoms with E-state index in [1.165, 1.54) is 55.5 Å². The van der Waals surface area contributed by atoms with Gasteiger partial charge in [-0.2, -0.15) is 0 Å². The first-order valence-corrected chi connectivity index (χ1v) is 10.9. The van der Waals surface area contributed by atoms with Crippen LogP contribution in [0.1, 0.15) is 24.2 Å². The fourth-order valence-corrected chi connectivity index (χ4v) is 4.87. The molecule has 2 N–H and O–H groups in total. The number of anilines is 1. The Bertz CT molecular complexity index is 881. The molecular formula is C15H20N4O4S3. The quantitative estimate of drug-likeness (QED) is 0.636. The molecule has 0 aliphatic rings. The number of thioether (sulfide) groups is 1. The first kappa shape index (κ1) is 20.5. The summed E-state index contributed by atoms with van der Waals surface area (Å²) in [6, 6.07) is 4.06. The highest BCUT2D eigenvalue weighted by Crippen LogP contribution is 2.29. The zero-order chi connectivity index (χ0) is 19.3. The summed E-state index contributed by atoms with van der Waals surface area (Å²) < 4.78 is 33.4.